The molecule has 1 aliphatic heterocycles. The molecule has 9 heteroatoms. The van der Waals surface area contributed by atoms with E-state index in [9.17, 15) is 10.2 Å². The van der Waals surface area contributed by atoms with Crippen LogP contribution in [0.2, 0.25) is 0 Å². The summed E-state index contributed by atoms with van der Waals surface area (Å²) in [6, 6.07) is 35.4. The van der Waals surface area contributed by atoms with Crippen molar-refractivity contribution in [3.8, 4) is 11.5 Å². The summed E-state index contributed by atoms with van der Waals surface area (Å²) < 4.78 is 42.0. The van der Waals surface area contributed by atoms with Crippen molar-refractivity contribution in [1.82, 2.24) is 0 Å². The summed E-state index contributed by atoms with van der Waals surface area (Å²) in [5.41, 5.74) is 4.03. The number of methoxy groups -OCH3 is 2. The van der Waals surface area contributed by atoms with Crippen LogP contribution in [0.5, 0.6) is 11.5 Å². The van der Waals surface area contributed by atoms with Crippen molar-refractivity contribution in [3.63, 3.8) is 0 Å². The van der Waals surface area contributed by atoms with Crippen LogP contribution < -0.4 is 9.47 Å². The third-order valence-electron chi connectivity index (χ3n) is 9.22. The summed E-state index contributed by atoms with van der Waals surface area (Å²) in [7, 11) is 3.26. The first kappa shape index (κ1) is 38.4. The van der Waals surface area contributed by atoms with E-state index in [2.05, 4.69) is 0 Å². The highest BCUT2D eigenvalue weighted by atomic mass is 16.7. The van der Waals surface area contributed by atoms with Crippen molar-refractivity contribution in [1.29, 1.82) is 0 Å². The zero-order chi connectivity index (χ0) is 35.7. The van der Waals surface area contributed by atoms with Crippen LogP contribution in [-0.4, -0.2) is 68.7 Å². The molecule has 6 atom stereocenters. The zero-order valence-corrected chi connectivity index (χ0v) is 29.7. The summed E-state index contributed by atoms with van der Waals surface area (Å²) >= 11 is 0. The average Bonchev–Trinajstić information content (AvgIpc) is 3.18. The van der Waals surface area contributed by atoms with Crippen molar-refractivity contribution in [2.45, 2.75) is 76.2 Å². The van der Waals surface area contributed by atoms with Gasteiger partial charge in [0.1, 0.15) is 11.5 Å². The van der Waals surface area contributed by atoms with E-state index in [4.69, 9.17) is 33.2 Å². The molecule has 2 N–H and O–H groups in total. The van der Waals surface area contributed by atoms with Gasteiger partial charge in [0, 0.05) is 37.5 Å². The molecule has 1 heterocycles. The van der Waals surface area contributed by atoms with Crippen molar-refractivity contribution >= 4 is 0 Å². The van der Waals surface area contributed by atoms with Gasteiger partial charge in [-0.3, -0.25) is 0 Å². The van der Waals surface area contributed by atoms with Gasteiger partial charge in [0.15, 0.2) is 6.29 Å². The highest BCUT2D eigenvalue weighted by Gasteiger charge is 2.39. The van der Waals surface area contributed by atoms with E-state index in [1.165, 1.54) is 0 Å². The van der Waals surface area contributed by atoms with Crippen molar-refractivity contribution < 1.29 is 43.4 Å². The van der Waals surface area contributed by atoms with Crippen LogP contribution in [0.4, 0.5) is 0 Å². The highest BCUT2D eigenvalue weighted by molar-refractivity contribution is 5.28. The number of hydrogen-bond acceptors (Lipinski definition) is 9. The topological polar surface area (TPSA) is 105 Å². The molecule has 9 nitrogen and oxygen atoms in total. The van der Waals surface area contributed by atoms with Crippen LogP contribution in [-0.2, 0) is 43.5 Å². The summed E-state index contributed by atoms with van der Waals surface area (Å²) in [6.45, 7) is 2.07. The summed E-state index contributed by atoms with van der Waals surface area (Å²) in [4.78, 5) is 0. The maximum Gasteiger partial charge on any atom is 0.184 e. The lowest BCUT2D eigenvalue weighted by atomic mass is 9.88. The van der Waals surface area contributed by atoms with Crippen molar-refractivity contribution in [2.75, 3.05) is 34.0 Å². The van der Waals surface area contributed by atoms with Crippen molar-refractivity contribution in [2.24, 2.45) is 5.92 Å². The van der Waals surface area contributed by atoms with Gasteiger partial charge in [-0.2, -0.15) is 0 Å². The van der Waals surface area contributed by atoms with Gasteiger partial charge in [0.05, 0.1) is 65.1 Å². The molecule has 0 unspecified atom stereocenters. The van der Waals surface area contributed by atoms with Crippen LogP contribution >= 0.6 is 0 Å². The van der Waals surface area contributed by atoms with Gasteiger partial charge in [0.2, 0.25) is 0 Å². The second kappa shape index (κ2) is 20.9. The zero-order valence-electron chi connectivity index (χ0n) is 29.7. The Morgan fingerprint density at radius 2 is 1.25 bits per heavy atom. The molecule has 0 amide bonds. The van der Waals surface area contributed by atoms with E-state index in [1.807, 2.05) is 109 Å². The second-order valence-electron chi connectivity index (χ2n) is 12.9. The predicted octanol–water partition coefficient (Wildman–Crippen LogP) is 7.04. The van der Waals surface area contributed by atoms with Gasteiger partial charge in [-0.25, -0.2) is 0 Å². The molecule has 4 aromatic carbocycles. The maximum absolute atomic E-state index is 11.7. The second-order valence-corrected chi connectivity index (χ2v) is 12.9. The number of hydrogen-bond donors (Lipinski definition) is 2. The Balaban J connectivity index is 1.24. The fraction of sp³-hybridized carbons (Fsp3) is 0.429. The van der Waals surface area contributed by atoms with Crippen LogP contribution in [0.25, 0.3) is 0 Å². The van der Waals surface area contributed by atoms with E-state index in [0.717, 1.165) is 33.8 Å². The molecule has 51 heavy (non-hydrogen) atoms. The Hall–Kier alpha value is -3.80. The number of aliphatic hydroxyl groups is 2. The number of ether oxygens (including phenoxy) is 7. The van der Waals surface area contributed by atoms with Crippen LogP contribution in [0.15, 0.2) is 109 Å². The Morgan fingerprint density at radius 3 is 1.84 bits per heavy atom. The molecular weight excluding hydrogens is 648 g/mol. The van der Waals surface area contributed by atoms with Gasteiger partial charge >= 0.3 is 0 Å². The predicted molar refractivity (Wildman–Crippen MR) is 194 cm³/mol. The minimum atomic E-state index is -0.903. The fourth-order valence-electron chi connectivity index (χ4n) is 6.21. The Morgan fingerprint density at radius 1 is 0.686 bits per heavy atom. The molecule has 1 aliphatic rings. The van der Waals surface area contributed by atoms with E-state index in [-0.39, 0.29) is 18.8 Å². The van der Waals surface area contributed by atoms with Crippen molar-refractivity contribution in [3.05, 3.63) is 131 Å². The van der Waals surface area contributed by atoms with Crippen LogP contribution in [0.1, 0.15) is 54.2 Å². The third-order valence-corrected chi connectivity index (χ3v) is 9.22. The molecule has 0 radical (unpaired) electrons. The lowest BCUT2D eigenvalue weighted by Crippen LogP contribution is -2.45. The molecular formula is C42H52O9. The average molecular weight is 701 g/mol. The summed E-state index contributed by atoms with van der Waals surface area (Å²) in [5, 5.41) is 22.4. The Bertz CT molecular complexity index is 1500. The molecule has 1 fully saturated rings. The van der Waals surface area contributed by atoms with E-state index >= 15 is 0 Å². The Labute approximate surface area is 302 Å². The molecule has 274 valence electrons. The lowest BCUT2D eigenvalue weighted by Gasteiger charge is -2.40. The minimum absolute atomic E-state index is 0.207. The molecule has 0 saturated carbocycles. The smallest absolute Gasteiger partial charge is 0.184 e. The highest BCUT2D eigenvalue weighted by Crippen LogP contribution is 2.36. The van der Waals surface area contributed by atoms with Crippen LogP contribution in [0, 0.1) is 5.92 Å². The SMILES string of the molecule is COc1ccc(CO[C@@H](CCOCc2ccccc2)C[C@H](O)[C@@H](CO)[C@@H]2C[C@H](CCOCc3ccccc3)O[C@H](c3ccc(OC)cc3)O2)cc1. The van der Waals surface area contributed by atoms with E-state index < -0.39 is 24.4 Å². The molecule has 0 spiro atoms. The monoisotopic (exact) mass is 700 g/mol. The van der Waals surface area contributed by atoms with Gasteiger partial charge in [-0.1, -0.05) is 84.9 Å². The number of aliphatic hydroxyl groups excluding tert-OH is 2. The maximum atomic E-state index is 11.7. The van der Waals surface area contributed by atoms with Gasteiger partial charge in [-0.15, -0.1) is 0 Å². The standard InChI is InChI=1S/C42H52O9/c1-45-35-17-13-33(14-18-35)30-49-37(21-23-47-28-31-9-5-3-6-10-31)25-40(44)39(27-43)41-26-38(22-24-48-29-32-11-7-4-8-12-32)50-42(51-41)34-15-19-36(46-2)20-16-34/h3-20,37-44H,21-30H2,1-2H3/t37-,38-,39+,40-,41-,42-/m0/s1. The quantitative estimate of drug-likeness (QED) is 0.0887. The molecule has 0 bridgehead atoms. The third kappa shape index (κ3) is 12.4. The fourth-order valence-corrected chi connectivity index (χ4v) is 6.21. The van der Waals surface area contributed by atoms with Gasteiger partial charge < -0.3 is 43.4 Å². The van der Waals surface area contributed by atoms with E-state index in [1.54, 1.807) is 14.2 Å². The Kier molecular flexibility index (Phi) is 15.8. The molecule has 0 aliphatic carbocycles. The largest absolute Gasteiger partial charge is 0.497 e. The molecule has 0 aromatic heterocycles. The first-order valence-corrected chi connectivity index (χ1v) is 17.8. The summed E-state index contributed by atoms with van der Waals surface area (Å²) in [6.07, 6.45) is -0.573. The lowest BCUT2D eigenvalue weighted by molar-refractivity contribution is -0.269. The first-order valence-electron chi connectivity index (χ1n) is 17.8. The normalized spacial score (nSPS) is 19.3. The molecule has 1 saturated heterocycles. The molecule has 4 aromatic rings. The minimum Gasteiger partial charge on any atom is -0.497 e. The molecule has 5 rings (SSSR count). The number of rotatable bonds is 21. The summed E-state index contributed by atoms with van der Waals surface area (Å²) in [5.74, 6) is 0.935. The first-order chi connectivity index (χ1) is 25.0. The number of benzene rings is 4. The van der Waals surface area contributed by atoms with Gasteiger partial charge in [0.25, 0.3) is 0 Å². The van der Waals surface area contributed by atoms with Crippen LogP contribution in [0.3, 0.4) is 0 Å². The van der Waals surface area contributed by atoms with Gasteiger partial charge in [-0.05, 0) is 53.8 Å². The van der Waals surface area contributed by atoms with E-state index in [0.29, 0.717) is 58.7 Å².